The molecule has 138 valence electrons. The molecular weight excluding hydrogens is 344 g/mol. The van der Waals surface area contributed by atoms with Crippen LogP contribution in [0.3, 0.4) is 0 Å². The van der Waals surface area contributed by atoms with E-state index in [0.717, 1.165) is 22.4 Å². The molecule has 1 aliphatic heterocycles. The van der Waals surface area contributed by atoms with Crippen LogP contribution in [0.4, 0.5) is 0 Å². The Kier molecular flexibility index (Phi) is 5.16. The van der Waals surface area contributed by atoms with Gasteiger partial charge < -0.3 is 0 Å². The number of nitrogens with zero attached hydrogens (tertiary/aromatic N) is 2. The van der Waals surface area contributed by atoms with Crippen molar-refractivity contribution in [3.8, 4) is 0 Å². The largest absolute Gasteiger partial charge is 0.268 e. The molecule has 4 rings (SSSR count). The third kappa shape index (κ3) is 3.94. The lowest BCUT2D eigenvalue weighted by atomic mass is 9.98. The van der Waals surface area contributed by atoms with Gasteiger partial charge in [-0.3, -0.25) is 4.79 Å². The average Bonchev–Trinajstić information content (AvgIpc) is 3.19. The third-order valence-electron chi connectivity index (χ3n) is 4.92. The first-order valence-electron chi connectivity index (χ1n) is 9.46. The highest BCUT2D eigenvalue weighted by Gasteiger charge is 2.32. The highest BCUT2D eigenvalue weighted by atomic mass is 16.2. The van der Waals surface area contributed by atoms with Gasteiger partial charge in [-0.15, -0.1) is 0 Å². The van der Waals surface area contributed by atoms with E-state index in [2.05, 4.69) is 31.2 Å². The van der Waals surface area contributed by atoms with Gasteiger partial charge >= 0.3 is 0 Å². The van der Waals surface area contributed by atoms with Crippen molar-refractivity contribution in [1.82, 2.24) is 5.01 Å². The summed E-state index contributed by atoms with van der Waals surface area (Å²) < 4.78 is 0. The summed E-state index contributed by atoms with van der Waals surface area (Å²) in [6.45, 7) is 2.07. The van der Waals surface area contributed by atoms with Crippen LogP contribution < -0.4 is 0 Å². The summed E-state index contributed by atoms with van der Waals surface area (Å²) in [4.78, 5) is 13.0. The zero-order valence-corrected chi connectivity index (χ0v) is 15.8. The summed E-state index contributed by atoms with van der Waals surface area (Å²) in [6.07, 6.45) is 4.15. The first-order valence-corrected chi connectivity index (χ1v) is 9.46. The van der Waals surface area contributed by atoms with E-state index in [0.29, 0.717) is 6.42 Å². The monoisotopic (exact) mass is 366 g/mol. The molecule has 0 aromatic heterocycles. The lowest BCUT2D eigenvalue weighted by Gasteiger charge is -2.21. The Morgan fingerprint density at radius 1 is 0.929 bits per heavy atom. The lowest BCUT2D eigenvalue weighted by Crippen LogP contribution is -2.25. The molecule has 0 bridgehead atoms. The molecule has 0 saturated heterocycles. The predicted molar refractivity (Wildman–Crippen MR) is 114 cm³/mol. The fourth-order valence-corrected chi connectivity index (χ4v) is 3.37. The number of benzene rings is 3. The van der Waals surface area contributed by atoms with Gasteiger partial charge in [0.15, 0.2) is 0 Å². The van der Waals surface area contributed by atoms with Crippen LogP contribution in [0.5, 0.6) is 0 Å². The van der Waals surface area contributed by atoms with Crippen LogP contribution in [-0.4, -0.2) is 16.6 Å². The minimum atomic E-state index is -0.111. The van der Waals surface area contributed by atoms with Gasteiger partial charge in [-0.1, -0.05) is 90.5 Å². The smallest absolute Gasteiger partial charge is 0.267 e. The minimum absolute atomic E-state index is 0.0938. The summed E-state index contributed by atoms with van der Waals surface area (Å²) in [7, 11) is 0. The van der Waals surface area contributed by atoms with E-state index < -0.39 is 0 Å². The van der Waals surface area contributed by atoms with E-state index in [-0.39, 0.29) is 11.9 Å². The molecule has 28 heavy (non-hydrogen) atoms. The number of rotatable bonds is 4. The molecule has 3 heteroatoms. The van der Waals surface area contributed by atoms with Gasteiger partial charge in [-0.25, -0.2) is 5.01 Å². The van der Waals surface area contributed by atoms with Crippen molar-refractivity contribution in [1.29, 1.82) is 0 Å². The first kappa shape index (κ1) is 17.9. The molecule has 3 aromatic rings. The van der Waals surface area contributed by atoms with Crippen molar-refractivity contribution in [2.45, 2.75) is 19.4 Å². The molecule has 0 saturated carbocycles. The molecule has 0 spiro atoms. The number of hydrogen-bond donors (Lipinski definition) is 0. The van der Waals surface area contributed by atoms with Crippen molar-refractivity contribution < 1.29 is 4.79 Å². The molecule has 1 amide bonds. The topological polar surface area (TPSA) is 32.7 Å². The summed E-state index contributed by atoms with van der Waals surface area (Å²) in [5, 5.41) is 6.32. The number of hydrogen-bond acceptors (Lipinski definition) is 2. The fourth-order valence-electron chi connectivity index (χ4n) is 3.37. The summed E-state index contributed by atoms with van der Waals surface area (Å²) >= 11 is 0. The van der Waals surface area contributed by atoms with Gasteiger partial charge in [0.25, 0.3) is 5.91 Å². The van der Waals surface area contributed by atoms with Crippen LogP contribution in [0.15, 0.2) is 96.1 Å². The van der Waals surface area contributed by atoms with Gasteiger partial charge in [0.1, 0.15) is 0 Å². The quantitative estimate of drug-likeness (QED) is 0.570. The Morgan fingerprint density at radius 3 is 2.25 bits per heavy atom. The van der Waals surface area contributed by atoms with Crippen LogP contribution in [0.2, 0.25) is 0 Å². The normalized spacial score (nSPS) is 16.4. The fraction of sp³-hybridized carbons (Fsp3) is 0.120. The molecule has 3 nitrogen and oxygen atoms in total. The number of aryl methyl sites for hydroxylation is 1. The Labute approximate surface area is 165 Å². The Balaban J connectivity index is 1.64. The van der Waals surface area contributed by atoms with Crippen molar-refractivity contribution in [3.63, 3.8) is 0 Å². The summed E-state index contributed by atoms with van der Waals surface area (Å²) in [5.74, 6) is -0.111. The van der Waals surface area contributed by atoms with E-state index in [1.54, 1.807) is 11.1 Å². The second kappa shape index (κ2) is 8.05. The van der Waals surface area contributed by atoms with Crippen molar-refractivity contribution >= 4 is 17.7 Å². The van der Waals surface area contributed by atoms with Gasteiger partial charge in [-0.2, -0.15) is 5.10 Å². The highest BCUT2D eigenvalue weighted by Crippen LogP contribution is 2.33. The molecule has 0 fully saturated rings. The maximum atomic E-state index is 13.0. The number of carbonyl (C=O) groups excluding carboxylic acids is 1. The number of carbonyl (C=O) groups is 1. The Bertz CT molecular complexity index is 1010. The van der Waals surface area contributed by atoms with E-state index >= 15 is 0 Å². The van der Waals surface area contributed by atoms with E-state index in [1.807, 2.05) is 66.7 Å². The zero-order valence-electron chi connectivity index (χ0n) is 15.8. The van der Waals surface area contributed by atoms with Crippen LogP contribution in [0.25, 0.3) is 6.08 Å². The molecule has 1 atom stereocenters. The molecule has 3 aromatic carbocycles. The lowest BCUT2D eigenvalue weighted by molar-refractivity contribution is -0.127. The number of hydrazone groups is 1. The Hall–Kier alpha value is -3.46. The van der Waals surface area contributed by atoms with Crippen LogP contribution in [-0.2, 0) is 4.79 Å². The van der Waals surface area contributed by atoms with E-state index in [4.69, 9.17) is 5.10 Å². The summed E-state index contributed by atoms with van der Waals surface area (Å²) in [5.41, 5.74) is 5.29. The maximum absolute atomic E-state index is 13.0. The molecule has 0 aliphatic carbocycles. The molecule has 0 radical (unpaired) electrons. The first-order chi connectivity index (χ1) is 13.7. The average molecular weight is 366 g/mol. The number of amides is 1. The van der Waals surface area contributed by atoms with Crippen LogP contribution in [0.1, 0.15) is 34.7 Å². The highest BCUT2D eigenvalue weighted by molar-refractivity contribution is 6.04. The molecule has 0 N–H and O–H groups in total. The van der Waals surface area contributed by atoms with Gasteiger partial charge in [0.2, 0.25) is 0 Å². The van der Waals surface area contributed by atoms with Crippen molar-refractivity contribution in [2.75, 3.05) is 0 Å². The van der Waals surface area contributed by atoms with Crippen LogP contribution >= 0.6 is 0 Å². The van der Waals surface area contributed by atoms with Crippen LogP contribution in [0, 0.1) is 6.92 Å². The minimum Gasteiger partial charge on any atom is -0.268 e. The maximum Gasteiger partial charge on any atom is 0.267 e. The molecule has 1 heterocycles. The molecule has 0 unspecified atom stereocenters. The van der Waals surface area contributed by atoms with Gasteiger partial charge in [0.05, 0.1) is 11.8 Å². The second-order valence-electron chi connectivity index (χ2n) is 6.97. The molecule has 1 aliphatic rings. The zero-order chi connectivity index (χ0) is 19.3. The van der Waals surface area contributed by atoms with Crippen molar-refractivity contribution in [3.05, 3.63) is 113 Å². The molecular formula is C25H22N2O. The van der Waals surface area contributed by atoms with Gasteiger partial charge in [0, 0.05) is 12.5 Å². The second-order valence-corrected chi connectivity index (χ2v) is 6.97. The summed E-state index contributed by atoms with van der Waals surface area (Å²) in [6, 6.07) is 28.1. The van der Waals surface area contributed by atoms with E-state index in [9.17, 15) is 4.79 Å². The van der Waals surface area contributed by atoms with Crippen molar-refractivity contribution in [2.24, 2.45) is 5.10 Å². The SMILES string of the molecule is Cc1ccc([C@@H]2CC(c3ccccc3)=NN2C(=O)/C=C/c2ccccc2)cc1. The standard InChI is InChI=1S/C25H22N2O/c1-19-12-15-22(16-13-19)24-18-23(21-10-6-3-7-11-21)26-27(24)25(28)17-14-20-8-4-2-5-9-20/h2-17,24H,18H2,1H3/b17-14+/t24-/m0/s1. The van der Waals surface area contributed by atoms with Gasteiger partial charge in [-0.05, 0) is 29.7 Å². The predicted octanol–water partition coefficient (Wildman–Crippen LogP) is 5.39. The third-order valence-corrected chi connectivity index (χ3v) is 4.92. The van der Waals surface area contributed by atoms with E-state index in [1.165, 1.54) is 5.56 Å². The Morgan fingerprint density at radius 2 is 1.57 bits per heavy atom.